The van der Waals surface area contributed by atoms with Gasteiger partial charge in [0, 0.05) is 29.1 Å². The second kappa shape index (κ2) is 9.12. The van der Waals surface area contributed by atoms with Crippen LogP contribution in [0.4, 0.5) is 0 Å². The van der Waals surface area contributed by atoms with Gasteiger partial charge in [-0.15, -0.1) is 0 Å². The number of hydrazine groups is 2. The highest BCUT2D eigenvalue weighted by Gasteiger charge is 2.52. The molecule has 0 spiro atoms. The second-order valence-electron chi connectivity index (χ2n) is 6.73. The largest absolute Gasteiger partial charge is 0.373 e. The van der Waals surface area contributed by atoms with Crippen LogP contribution in [0.2, 0.25) is 0 Å². The summed E-state index contributed by atoms with van der Waals surface area (Å²) >= 11 is 0. The van der Waals surface area contributed by atoms with Gasteiger partial charge in [0.05, 0.1) is 12.5 Å². The Morgan fingerprint density at radius 2 is 1.14 bits per heavy atom. The van der Waals surface area contributed by atoms with Gasteiger partial charge >= 0.3 is 7.87 Å². The van der Waals surface area contributed by atoms with Gasteiger partial charge < -0.3 is 0 Å². The number of nitrogens with zero attached hydrogens (tertiary/aromatic N) is 4. The topological polar surface area (TPSA) is 74.0 Å². The first kappa shape index (κ1) is 21.7. The van der Waals surface area contributed by atoms with Crippen molar-refractivity contribution in [1.29, 1.82) is 5.26 Å². The molecule has 0 unspecified atom stereocenters. The van der Waals surface area contributed by atoms with E-state index in [0.717, 1.165) is 0 Å². The molecule has 130 valence electrons. The van der Waals surface area contributed by atoms with Crippen LogP contribution in [-0.4, -0.2) is 55.0 Å². The molecule has 0 aromatic heterocycles. The van der Waals surface area contributed by atoms with Crippen molar-refractivity contribution in [2.24, 2.45) is 0 Å². The smallest absolute Gasteiger partial charge is 0.200 e. The predicted molar refractivity (Wildman–Crippen MR) is 92.5 cm³/mol. The molecule has 6 nitrogen and oxygen atoms in total. The summed E-state index contributed by atoms with van der Waals surface area (Å²) < 4.78 is 0. The van der Waals surface area contributed by atoms with Crippen LogP contribution in [0.3, 0.4) is 0 Å². The van der Waals surface area contributed by atoms with E-state index in [1.165, 1.54) is 0 Å². The summed E-state index contributed by atoms with van der Waals surface area (Å²) in [6.07, 6.45) is 0.209. The van der Waals surface area contributed by atoms with Crippen LogP contribution >= 0.6 is 7.87 Å². The average molecular weight is 333 g/mol. The average Bonchev–Trinajstić information content (AvgIpc) is 2.33. The van der Waals surface area contributed by atoms with E-state index in [2.05, 4.69) is 0 Å². The predicted octanol–water partition coefficient (Wildman–Crippen LogP) is 3.02. The van der Waals surface area contributed by atoms with E-state index in [0.29, 0.717) is 0 Å². The minimum Gasteiger partial charge on any atom is -0.200 e. The highest BCUT2D eigenvalue weighted by atomic mass is 31.2. The second-order valence-corrected chi connectivity index (χ2v) is 8.92. The Hall–Kier alpha value is -0.280. The monoisotopic (exact) mass is 333 g/mol. The van der Waals surface area contributed by atoms with Crippen molar-refractivity contribution < 1.29 is 9.79 Å². The van der Waals surface area contributed by atoms with Gasteiger partial charge in [0.25, 0.3) is 0 Å². The first-order valence-corrected chi connectivity index (χ1v) is 9.88. The first-order valence-electron chi connectivity index (χ1n) is 8.04. The number of nitriles is 1. The molecule has 0 aliphatic heterocycles. The van der Waals surface area contributed by atoms with Gasteiger partial charge in [0.15, 0.2) is 0 Å². The summed E-state index contributed by atoms with van der Waals surface area (Å²) in [5, 5.41) is 12.8. The first-order chi connectivity index (χ1) is 9.97. The van der Waals surface area contributed by atoms with Crippen molar-refractivity contribution in [3.63, 3.8) is 0 Å². The molecule has 0 radical (unpaired) electrons. The van der Waals surface area contributed by atoms with Crippen LogP contribution in [0.25, 0.3) is 0 Å². The van der Waals surface area contributed by atoms with Crippen molar-refractivity contribution in [2.45, 2.75) is 86.0 Å². The molecule has 0 heterocycles. The Morgan fingerprint density at radius 1 is 0.818 bits per heavy atom. The third kappa shape index (κ3) is 5.73. The molecule has 2 N–H and O–H groups in total. The van der Waals surface area contributed by atoms with Gasteiger partial charge in [-0.3, -0.25) is 0 Å². The maximum absolute atomic E-state index is 10.8. The van der Waals surface area contributed by atoms with Crippen LogP contribution in [0.15, 0.2) is 0 Å². The quantitative estimate of drug-likeness (QED) is 0.499. The Bertz CT molecular complexity index is 331. The highest BCUT2D eigenvalue weighted by Crippen LogP contribution is 2.57. The Labute approximate surface area is 136 Å². The number of rotatable bonds is 9. The van der Waals surface area contributed by atoms with Crippen LogP contribution in [0.1, 0.15) is 61.8 Å². The van der Waals surface area contributed by atoms with Gasteiger partial charge in [0.1, 0.15) is 6.16 Å². The van der Waals surface area contributed by atoms with Gasteiger partial charge in [-0.2, -0.15) is 25.1 Å². The summed E-state index contributed by atoms with van der Waals surface area (Å²) in [5.74, 6) is 0. The van der Waals surface area contributed by atoms with Crippen LogP contribution < -0.4 is 0 Å². The van der Waals surface area contributed by atoms with E-state index in [4.69, 9.17) is 5.26 Å². The molecular formula is C15H34N4O2P+. The lowest BCUT2D eigenvalue weighted by Gasteiger charge is -2.47. The van der Waals surface area contributed by atoms with Crippen molar-refractivity contribution in [1.82, 2.24) is 14.9 Å². The van der Waals surface area contributed by atoms with E-state index < -0.39 is 7.87 Å². The van der Waals surface area contributed by atoms with Gasteiger partial charge in [-0.1, -0.05) is 0 Å². The fraction of sp³-hybridized carbons (Fsp3) is 0.933. The lowest BCUT2D eigenvalue weighted by atomic mass is 10.3. The maximum Gasteiger partial charge on any atom is 0.373 e. The molecule has 0 amide bonds. The Balaban J connectivity index is 5.89. The molecule has 0 saturated carbocycles. The zero-order valence-electron chi connectivity index (χ0n) is 15.4. The Morgan fingerprint density at radius 3 is 1.36 bits per heavy atom. The van der Waals surface area contributed by atoms with E-state index in [9.17, 15) is 9.79 Å². The summed E-state index contributed by atoms with van der Waals surface area (Å²) in [6, 6.07) is 2.46. The fourth-order valence-corrected chi connectivity index (χ4v) is 4.83. The summed E-state index contributed by atoms with van der Waals surface area (Å²) in [7, 11) is -3.43. The van der Waals surface area contributed by atoms with Gasteiger partial charge in [0.2, 0.25) is 0 Å². The van der Waals surface area contributed by atoms with Crippen molar-refractivity contribution in [3.8, 4) is 6.07 Å². The zero-order valence-corrected chi connectivity index (χ0v) is 16.2. The zero-order chi connectivity index (χ0) is 17.7. The van der Waals surface area contributed by atoms with Crippen molar-refractivity contribution in [2.75, 3.05) is 6.16 Å². The van der Waals surface area contributed by atoms with Crippen LogP contribution in [0.5, 0.6) is 0 Å². The normalized spacial score (nSPS) is 13.5. The van der Waals surface area contributed by atoms with Gasteiger partial charge in [-0.25, -0.2) is 0 Å². The standard InChI is InChI=1S/C15H34N4O2P/c1-12(2)17(13(3)4)19(18(14(5)6)15(7)8)22(20,21)11-9-10-16/h12-15,20-21H,9,11H2,1-8H3/q+1. The van der Waals surface area contributed by atoms with Gasteiger partial charge in [-0.05, 0) is 55.4 Å². The molecule has 22 heavy (non-hydrogen) atoms. The van der Waals surface area contributed by atoms with Crippen molar-refractivity contribution >= 4 is 7.87 Å². The third-order valence-corrected chi connectivity index (χ3v) is 5.15. The molecule has 0 aliphatic rings. The molecule has 0 saturated heterocycles. The molecule has 0 fully saturated rings. The molecule has 0 aromatic carbocycles. The molecule has 0 aliphatic carbocycles. The lowest BCUT2D eigenvalue weighted by Crippen LogP contribution is -2.61. The fourth-order valence-electron chi connectivity index (χ4n) is 2.76. The molecule has 0 bridgehead atoms. The van der Waals surface area contributed by atoms with Crippen LogP contribution in [0, 0.1) is 11.3 Å². The third-order valence-electron chi connectivity index (χ3n) is 3.34. The Kier molecular flexibility index (Phi) is 9.01. The summed E-state index contributed by atoms with van der Waals surface area (Å²) in [4.78, 5) is 23.3. The van der Waals surface area contributed by atoms with E-state index >= 15 is 0 Å². The molecule has 0 rings (SSSR count). The molecule has 0 aromatic rings. The molecule has 7 heteroatoms. The minimum absolute atomic E-state index is 0.0787. The van der Waals surface area contributed by atoms with Crippen LogP contribution in [-0.2, 0) is 0 Å². The lowest BCUT2D eigenvalue weighted by molar-refractivity contribution is -0.184. The van der Waals surface area contributed by atoms with E-state index in [-0.39, 0.29) is 36.8 Å². The minimum atomic E-state index is -3.43. The number of hydrogen-bond acceptors (Lipinski definition) is 6. The van der Waals surface area contributed by atoms with Crippen molar-refractivity contribution in [3.05, 3.63) is 0 Å². The molecular weight excluding hydrogens is 299 g/mol. The van der Waals surface area contributed by atoms with E-state index in [1.54, 1.807) is 4.89 Å². The SMILES string of the molecule is CC(C)N(C(C)C)N(N(C(C)C)C(C)C)[P+](O)(O)CCC#N. The van der Waals surface area contributed by atoms with E-state index in [1.807, 2.05) is 71.5 Å². The molecule has 0 atom stereocenters. The summed E-state index contributed by atoms with van der Waals surface area (Å²) in [5.41, 5.74) is 0. The summed E-state index contributed by atoms with van der Waals surface area (Å²) in [6.45, 7) is 16.3. The maximum atomic E-state index is 10.8. The number of hydrogen-bond donors (Lipinski definition) is 2. The highest BCUT2D eigenvalue weighted by molar-refractivity contribution is 7.62.